The van der Waals surface area contributed by atoms with Crippen LogP contribution in [0.25, 0.3) is 0 Å². The van der Waals surface area contributed by atoms with E-state index in [2.05, 4.69) is 29.4 Å². The maximum atomic E-state index is 11.8. The molecule has 0 aliphatic rings. The molecular weight excluding hydrogens is 246 g/mol. The molecule has 0 atom stereocenters. The summed E-state index contributed by atoms with van der Waals surface area (Å²) >= 11 is 1.60. The van der Waals surface area contributed by atoms with Gasteiger partial charge in [0.25, 0.3) is 5.91 Å². The van der Waals surface area contributed by atoms with Gasteiger partial charge in [0.1, 0.15) is 0 Å². The molecule has 0 aliphatic carbocycles. The van der Waals surface area contributed by atoms with Crippen LogP contribution in [0, 0.1) is 0 Å². The number of carbonyl (C=O) groups is 1. The van der Waals surface area contributed by atoms with Gasteiger partial charge in [-0.3, -0.25) is 4.79 Å². The Hall–Kier alpha value is -1.88. The minimum Gasteiger partial charge on any atom is -0.360 e. The highest BCUT2D eigenvalue weighted by Gasteiger charge is 2.09. The van der Waals surface area contributed by atoms with Crippen LogP contribution >= 0.6 is 11.3 Å². The molecule has 0 saturated carbocycles. The predicted molar refractivity (Wildman–Crippen MR) is 74.3 cm³/mol. The number of hydrazone groups is 1. The highest BCUT2D eigenvalue weighted by atomic mass is 32.1. The van der Waals surface area contributed by atoms with Gasteiger partial charge in [-0.2, -0.15) is 5.10 Å². The molecule has 0 spiro atoms. The van der Waals surface area contributed by atoms with Gasteiger partial charge in [-0.1, -0.05) is 13.8 Å². The summed E-state index contributed by atoms with van der Waals surface area (Å²) < 4.78 is 0. The molecular formula is C13H15N3OS. The Morgan fingerprint density at radius 1 is 1.56 bits per heavy atom. The smallest absolute Gasteiger partial charge is 0.272 e. The Labute approximate surface area is 110 Å². The van der Waals surface area contributed by atoms with E-state index in [1.165, 1.54) is 4.88 Å². The van der Waals surface area contributed by atoms with Crippen molar-refractivity contribution < 1.29 is 4.79 Å². The highest BCUT2D eigenvalue weighted by molar-refractivity contribution is 7.10. The summed E-state index contributed by atoms with van der Waals surface area (Å²) in [7, 11) is 0. The van der Waals surface area contributed by atoms with Gasteiger partial charge in [0.05, 0.1) is 17.5 Å². The lowest BCUT2D eigenvalue weighted by molar-refractivity contribution is 0.0955. The third-order valence-corrected chi connectivity index (χ3v) is 3.68. The predicted octanol–water partition coefficient (Wildman–Crippen LogP) is 2.96. The molecule has 18 heavy (non-hydrogen) atoms. The number of nitrogens with one attached hydrogen (secondary N) is 2. The lowest BCUT2D eigenvalue weighted by Crippen LogP contribution is -2.16. The first kappa shape index (κ1) is 12.6. The lowest BCUT2D eigenvalue weighted by atomic mass is 10.1. The van der Waals surface area contributed by atoms with Crippen LogP contribution in [0.5, 0.6) is 0 Å². The van der Waals surface area contributed by atoms with Gasteiger partial charge in [-0.15, -0.1) is 11.3 Å². The maximum absolute atomic E-state index is 11.8. The second-order valence-corrected chi connectivity index (χ2v) is 5.16. The lowest BCUT2D eigenvalue weighted by Gasteiger charge is -1.98. The molecule has 5 heteroatoms. The average molecular weight is 261 g/mol. The number of aromatic amines is 1. The number of hydrogen-bond acceptors (Lipinski definition) is 3. The van der Waals surface area contributed by atoms with Crippen molar-refractivity contribution in [2.24, 2.45) is 5.10 Å². The molecule has 2 aromatic rings. The number of thiophene rings is 1. The number of aromatic nitrogens is 1. The summed E-state index contributed by atoms with van der Waals surface area (Å²) in [5, 5.41) is 5.75. The van der Waals surface area contributed by atoms with Crippen LogP contribution < -0.4 is 5.43 Å². The molecule has 0 fully saturated rings. The Morgan fingerprint density at radius 2 is 2.39 bits per heavy atom. The van der Waals surface area contributed by atoms with E-state index in [1.54, 1.807) is 23.7 Å². The van der Waals surface area contributed by atoms with Crippen LogP contribution in [0.3, 0.4) is 0 Å². The van der Waals surface area contributed by atoms with Crippen LogP contribution in [-0.4, -0.2) is 17.1 Å². The van der Waals surface area contributed by atoms with Crippen molar-refractivity contribution in [1.82, 2.24) is 10.4 Å². The first-order chi connectivity index (χ1) is 8.66. The normalized spacial score (nSPS) is 11.3. The fourth-order valence-electron chi connectivity index (χ4n) is 1.42. The quantitative estimate of drug-likeness (QED) is 0.645. The zero-order chi connectivity index (χ0) is 13.0. The Kier molecular flexibility index (Phi) is 3.94. The van der Waals surface area contributed by atoms with E-state index in [9.17, 15) is 4.79 Å². The number of H-pyrrole nitrogens is 1. The molecule has 4 nitrogen and oxygen atoms in total. The van der Waals surface area contributed by atoms with E-state index in [4.69, 9.17) is 0 Å². The molecule has 0 saturated heterocycles. The number of hydrogen-bond donors (Lipinski definition) is 2. The molecule has 94 valence electrons. The number of rotatable bonds is 4. The van der Waals surface area contributed by atoms with Crippen LogP contribution in [-0.2, 0) is 0 Å². The summed E-state index contributed by atoms with van der Waals surface area (Å²) in [4.78, 5) is 16.0. The van der Waals surface area contributed by atoms with Crippen LogP contribution in [0.4, 0.5) is 0 Å². The van der Waals surface area contributed by atoms with Gasteiger partial charge in [-0.05, 0) is 24.1 Å². The van der Waals surface area contributed by atoms with Crippen molar-refractivity contribution in [3.63, 3.8) is 0 Å². The van der Waals surface area contributed by atoms with E-state index >= 15 is 0 Å². The summed E-state index contributed by atoms with van der Waals surface area (Å²) in [6.07, 6.45) is 3.38. The number of carbonyl (C=O) groups excluding carboxylic acids is 1. The summed E-state index contributed by atoms with van der Waals surface area (Å²) in [5.74, 6) is 0.264. The molecule has 0 unspecified atom stereocenters. The maximum Gasteiger partial charge on any atom is 0.272 e. The Balaban J connectivity index is 1.95. The van der Waals surface area contributed by atoms with E-state index in [1.807, 2.05) is 23.6 Å². The Bertz CT molecular complexity index is 540. The van der Waals surface area contributed by atoms with E-state index in [-0.39, 0.29) is 5.91 Å². The first-order valence-corrected chi connectivity index (χ1v) is 6.60. The van der Waals surface area contributed by atoms with Gasteiger partial charge in [0.2, 0.25) is 0 Å². The topological polar surface area (TPSA) is 57.2 Å². The monoisotopic (exact) mass is 261 g/mol. The van der Waals surface area contributed by atoms with Crippen molar-refractivity contribution >= 4 is 23.5 Å². The van der Waals surface area contributed by atoms with Gasteiger partial charge >= 0.3 is 0 Å². The molecule has 2 aromatic heterocycles. The molecule has 2 heterocycles. The molecule has 2 rings (SSSR count). The first-order valence-electron chi connectivity index (χ1n) is 5.72. The van der Waals surface area contributed by atoms with E-state index in [0.717, 1.165) is 5.69 Å². The molecule has 2 N–H and O–H groups in total. The van der Waals surface area contributed by atoms with Crippen LogP contribution in [0.1, 0.15) is 40.7 Å². The number of nitrogens with zero attached hydrogens (tertiary/aromatic N) is 1. The van der Waals surface area contributed by atoms with Gasteiger partial charge in [0, 0.05) is 16.5 Å². The largest absolute Gasteiger partial charge is 0.360 e. The molecule has 1 amide bonds. The van der Waals surface area contributed by atoms with Crippen molar-refractivity contribution in [2.75, 3.05) is 0 Å². The van der Waals surface area contributed by atoms with Crippen molar-refractivity contribution in [3.05, 3.63) is 45.9 Å². The van der Waals surface area contributed by atoms with Gasteiger partial charge in [0.15, 0.2) is 0 Å². The van der Waals surface area contributed by atoms with Gasteiger partial charge in [-0.25, -0.2) is 5.43 Å². The zero-order valence-electron chi connectivity index (χ0n) is 10.3. The van der Waals surface area contributed by atoms with Crippen molar-refractivity contribution in [1.29, 1.82) is 0 Å². The van der Waals surface area contributed by atoms with Crippen LogP contribution in [0.2, 0.25) is 0 Å². The molecule has 0 aliphatic heterocycles. The minimum atomic E-state index is -0.180. The summed E-state index contributed by atoms with van der Waals surface area (Å²) in [5.41, 5.74) is 4.02. The molecule has 0 radical (unpaired) electrons. The van der Waals surface area contributed by atoms with Crippen molar-refractivity contribution in [3.8, 4) is 0 Å². The molecule has 0 bridgehead atoms. The SMILES string of the molecule is CC(C)c1cc(C(=O)N/N=C/c2ccc[nH]2)cs1. The highest BCUT2D eigenvalue weighted by Crippen LogP contribution is 2.22. The minimum absolute atomic E-state index is 0.180. The second kappa shape index (κ2) is 5.64. The average Bonchev–Trinajstić information content (AvgIpc) is 2.99. The Morgan fingerprint density at radius 3 is 3.00 bits per heavy atom. The standard InChI is InChI=1S/C13H15N3OS/c1-9(2)12-6-10(8-18-12)13(17)16-15-7-11-4-3-5-14-11/h3-9,14H,1-2H3,(H,16,17)/b15-7+. The summed E-state index contributed by atoms with van der Waals surface area (Å²) in [6.45, 7) is 4.22. The van der Waals surface area contributed by atoms with Crippen molar-refractivity contribution in [2.45, 2.75) is 19.8 Å². The number of amides is 1. The van der Waals surface area contributed by atoms with Gasteiger partial charge < -0.3 is 4.98 Å². The second-order valence-electron chi connectivity index (χ2n) is 4.22. The fraction of sp³-hybridized carbons (Fsp3) is 0.231. The zero-order valence-corrected chi connectivity index (χ0v) is 11.1. The molecule has 0 aromatic carbocycles. The summed E-state index contributed by atoms with van der Waals surface area (Å²) in [6, 6.07) is 5.66. The third kappa shape index (κ3) is 3.07. The fourth-order valence-corrected chi connectivity index (χ4v) is 2.33. The van der Waals surface area contributed by atoms with E-state index < -0.39 is 0 Å². The third-order valence-electron chi connectivity index (χ3n) is 2.44. The van der Waals surface area contributed by atoms with E-state index in [0.29, 0.717) is 11.5 Å². The van der Waals surface area contributed by atoms with Crippen LogP contribution in [0.15, 0.2) is 34.9 Å².